The summed E-state index contributed by atoms with van der Waals surface area (Å²) in [6.45, 7) is 0.296. The van der Waals surface area contributed by atoms with Gasteiger partial charge < -0.3 is 10.1 Å². The number of hydrogen-bond donors (Lipinski definition) is 1. The van der Waals surface area contributed by atoms with Crippen molar-refractivity contribution in [3.8, 4) is 5.75 Å². The lowest BCUT2D eigenvalue weighted by Gasteiger charge is -2.11. The number of nitrogens with zero attached hydrogens (tertiary/aromatic N) is 1. The number of hydrogen-bond acceptors (Lipinski definition) is 4. The maximum Gasteiger partial charge on any atom is 0.274 e. The van der Waals surface area contributed by atoms with E-state index in [2.05, 4.69) is 5.32 Å². The van der Waals surface area contributed by atoms with Crippen LogP contribution in [0.5, 0.6) is 5.75 Å². The highest BCUT2D eigenvalue weighted by Crippen LogP contribution is 2.25. The van der Waals surface area contributed by atoms with Gasteiger partial charge in [0.05, 0.1) is 18.1 Å². The van der Waals surface area contributed by atoms with Gasteiger partial charge in [0.2, 0.25) is 0 Å². The monoisotopic (exact) mass is 310 g/mol. The van der Waals surface area contributed by atoms with Crippen LogP contribution in [0.25, 0.3) is 0 Å². The van der Waals surface area contributed by atoms with Crippen molar-refractivity contribution < 1.29 is 14.1 Å². The third-order valence-electron chi connectivity index (χ3n) is 2.82. The first-order valence-corrected chi connectivity index (χ1v) is 6.38. The van der Waals surface area contributed by atoms with Crippen molar-refractivity contribution in [3.63, 3.8) is 0 Å². The summed E-state index contributed by atoms with van der Waals surface area (Å²) in [6.07, 6.45) is 0. The SMILES string of the molecule is COc1ccc(Cl)cc1CNc1cc(F)cc([N+](=O)[O-])c1. The van der Waals surface area contributed by atoms with Gasteiger partial charge in [-0.2, -0.15) is 0 Å². The Morgan fingerprint density at radius 2 is 2.10 bits per heavy atom. The van der Waals surface area contributed by atoms with Gasteiger partial charge in [0.1, 0.15) is 11.6 Å². The molecule has 0 aromatic heterocycles. The van der Waals surface area contributed by atoms with E-state index in [1.807, 2.05) is 0 Å². The Morgan fingerprint density at radius 3 is 2.76 bits per heavy atom. The Hall–Kier alpha value is -2.34. The van der Waals surface area contributed by atoms with E-state index in [-0.39, 0.29) is 5.69 Å². The third kappa shape index (κ3) is 3.82. The highest BCUT2D eigenvalue weighted by molar-refractivity contribution is 6.30. The quantitative estimate of drug-likeness (QED) is 0.669. The number of rotatable bonds is 5. The highest BCUT2D eigenvalue weighted by Gasteiger charge is 2.10. The smallest absolute Gasteiger partial charge is 0.274 e. The van der Waals surface area contributed by atoms with E-state index < -0.39 is 10.7 Å². The van der Waals surface area contributed by atoms with Gasteiger partial charge in [-0.3, -0.25) is 10.1 Å². The molecule has 0 aliphatic rings. The molecule has 0 atom stereocenters. The van der Waals surface area contributed by atoms with Crippen molar-refractivity contribution >= 4 is 23.0 Å². The van der Waals surface area contributed by atoms with Gasteiger partial charge in [0.15, 0.2) is 0 Å². The number of nitro benzene ring substituents is 1. The molecular weight excluding hydrogens is 299 g/mol. The lowest BCUT2D eigenvalue weighted by Crippen LogP contribution is -2.03. The molecule has 21 heavy (non-hydrogen) atoms. The summed E-state index contributed by atoms with van der Waals surface area (Å²) >= 11 is 5.91. The van der Waals surface area contributed by atoms with Crippen molar-refractivity contribution in [2.24, 2.45) is 0 Å². The molecule has 7 heteroatoms. The minimum absolute atomic E-state index is 0.296. The van der Waals surface area contributed by atoms with E-state index in [1.54, 1.807) is 18.2 Å². The van der Waals surface area contributed by atoms with E-state index >= 15 is 0 Å². The van der Waals surface area contributed by atoms with Crippen molar-refractivity contribution in [1.82, 2.24) is 0 Å². The summed E-state index contributed by atoms with van der Waals surface area (Å²) in [5, 5.41) is 14.2. The van der Waals surface area contributed by atoms with Crippen LogP contribution in [0, 0.1) is 15.9 Å². The summed E-state index contributed by atoms with van der Waals surface area (Å²) in [5.41, 5.74) is 0.760. The van der Waals surface area contributed by atoms with E-state index in [0.717, 1.165) is 11.6 Å². The van der Waals surface area contributed by atoms with Crippen LogP contribution in [0.3, 0.4) is 0 Å². The molecule has 0 aliphatic carbocycles. The van der Waals surface area contributed by atoms with Crippen molar-refractivity contribution in [2.75, 3.05) is 12.4 Å². The molecule has 0 unspecified atom stereocenters. The topological polar surface area (TPSA) is 64.4 Å². The first-order valence-electron chi connectivity index (χ1n) is 6.01. The average Bonchev–Trinajstić information content (AvgIpc) is 2.44. The lowest BCUT2D eigenvalue weighted by atomic mass is 10.2. The molecule has 0 fully saturated rings. The predicted octanol–water partition coefficient (Wildman–Crippen LogP) is 4.01. The normalized spacial score (nSPS) is 10.2. The minimum atomic E-state index is -0.676. The predicted molar refractivity (Wildman–Crippen MR) is 78.4 cm³/mol. The van der Waals surface area contributed by atoms with Gasteiger partial charge in [-0.15, -0.1) is 0 Å². The van der Waals surface area contributed by atoms with Crippen LogP contribution in [0.4, 0.5) is 15.8 Å². The molecule has 0 radical (unpaired) electrons. The summed E-state index contributed by atoms with van der Waals surface area (Å²) in [5.74, 6) is -0.0532. The fourth-order valence-electron chi connectivity index (χ4n) is 1.86. The van der Waals surface area contributed by atoms with E-state index in [1.165, 1.54) is 19.2 Å². The molecule has 0 heterocycles. The second-order valence-electron chi connectivity index (χ2n) is 4.26. The Bertz CT molecular complexity index is 679. The maximum absolute atomic E-state index is 13.3. The molecule has 2 rings (SSSR count). The van der Waals surface area contributed by atoms with Crippen molar-refractivity contribution in [2.45, 2.75) is 6.54 Å². The first kappa shape index (κ1) is 15.1. The zero-order valence-corrected chi connectivity index (χ0v) is 11.9. The summed E-state index contributed by atoms with van der Waals surface area (Å²) in [4.78, 5) is 10.1. The molecule has 2 aromatic rings. The van der Waals surface area contributed by atoms with Gasteiger partial charge in [0, 0.05) is 28.9 Å². The van der Waals surface area contributed by atoms with Gasteiger partial charge in [-0.1, -0.05) is 11.6 Å². The molecular formula is C14H12ClFN2O3. The Balaban J connectivity index is 2.20. The van der Waals surface area contributed by atoms with Crippen LogP contribution in [-0.4, -0.2) is 12.0 Å². The summed E-state index contributed by atoms with van der Waals surface area (Å²) in [6, 6.07) is 8.43. The number of nitro groups is 1. The average molecular weight is 311 g/mol. The zero-order chi connectivity index (χ0) is 15.4. The van der Waals surface area contributed by atoms with E-state index in [0.29, 0.717) is 23.0 Å². The van der Waals surface area contributed by atoms with Crippen LogP contribution in [-0.2, 0) is 6.54 Å². The molecule has 0 aliphatic heterocycles. The van der Waals surface area contributed by atoms with Crippen molar-refractivity contribution in [1.29, 1.82) is 0 Å². The Kier molecular flexibility index (Phi) is 4.59. The molecule has 5 nitrogen and oxygen atoms in total. The second-order valence-corrected chi connectivity index (χ2v) is 4.70. The van der Waals surface area contributed by atoms with Crippen LogP contribution in [0.1, 0.15) is 5.56 Å². The minimum Gasteiger partial charge on any atom is -0.496 e. The molecule has 0 saturated heterocycles. The zero-order valence-electron chi connectivity index (χ0n) is 11.1. The number of anilines is 1. The third-order valence-corrected chi connectivity index (χ3v) is 3.05. The Morgan fingerprint density at radius 1 is 1.33 bits per heavy atom. The molecule has 1 N–H and O–H groups in total. The molecule has 2 aromatic carbocycles. The highest BCUT2D eigenvalue weighted by atomic mass is 35.5. The molecule has 110 valence electrons. The maximum atomic E-state index is 13.3. The van der Waals surface area contributed by atoms with Crippen LogP contribution >= 0.6 is 11.6 Å². The fourth-order valence-corrected chi connectivity index (χ4v) is 2.06. The Labute approximate surface area is 125 Å². The lowest BCUT2D eigenvalue weighted by molar-refractivity contribution is -0.385. The number of ether oxygens (including phenoxy) is 1. The second kappa shape index (κ2) is 6.41. The van der Waals surface area contributed by atoms with E-state index in [4.69, 9.17) is 16.3 Å². The van der Waals surface area contributed by atoms with Crippen LogP contribution < -0.4 is 10.1 Å². The largest absolute Gasteiger partial charge is 0.496 e. The molecule has 0 bridgehead atoms. The summed E-state index contributed by atoms with van der Waals surface area (Å²) < 4.78 is 18.5. The number of nitrogens with one attached hydrogen (secondary N) is 1. The molecule has 0 amide bonds. The van der Waals surface area contributed by atoms with Gasteiger partial charge in [0.25, 0.3) is 5.69 Å². The van der Waals surface area contributed by atoms with Crippen LogP contribution in [0.2, 0.25) is 5.02 Å². The number of benzene rings is 2. The van der Waals surface area contributed by atoms with E-state index in [9.17, 15) is 14.5 Å². The number of halogens is 2. The van der Waals surface area contributed by atoms with Gasteiger partial charge >= 0.3 is 0 Å². The van der Waals surface area contributed by atoms with Gasteiger partial charge in [-0.05, 0) is 24.3 Å². The first-order chi connectivity index (χ1) is 9.99. The summed E-state index contributed by atoms with van der Waals surface area (Å²) in [7, 11) is 1.53. The molecule has 0 spiro atoms. The molecule has 0 saturated carbocycles. The van der Waals surface area contributed by atoms with Crippen LogP contribution in [0.15, 0.2) is 36.4 Å². The number of methoxy groups -OCH3 is 1. The van der Waals surface area contributed by atoms with Crippen molar-refractivity contribution in [3.05, 3.63) is 62.9 Å². The fraction of sp³-hybridized carbons (Fsp3) is 0.143. The number of non-ortho nitro benzene ring substituents is 1. The van der Waals surface area contributed by atoms with Gasteiger partial charge in [-0.25, -0.2) is 4.39 Å². The standard InChI is InChI=1S/C14H12ClFN2O3/c1-21-14-3-2-10(15)4-9(14)8-17-12-5-11(16)6-13(7-12)18(19)20/h2-7,17H,8H2,1H3.